The van der Waals surface area contributed by atoms with Crippen LogP contribution in [0.15, 0.2) is 0 Å². The minimum atomic E-state index is -1.20. The highest BCUT2D eigenvalue weighted by Crippen LogP contribution is 2.14. The Morgan fingerprint density at radius 2 is 1.33 bits per heavy atom. The average Bonchev–Trinajstić information content (AvgIpc) is 2.32. The van der Waals surface area contributed by atoms with Gasteiger partial charge in [-0.1, -0.05) is 27.2 Å². The van der Waals surface area contributed by atoms with Crippen LogP contribution in [0.2, 0.25) is 18.1 Å². The molecule has 15 heavy (non-hydrogen) atoms. The Morgan fingerprint density at radius 3 is 1.47 bits per heavy atom. The normalized spacial score (nSPS) is 16.8. The maximum atomic E-state index is 6.15. The summed E-state index contributed by atoms with van der Waals surface area (Å²) in [6.45, 7) is 11.2. The van der Waals surface area contributed by atoms with Crippen LogP contribution in [-0.2, 0) is 0 Å². The van der Waals surface area contributed by atoms with Crippen LogP contribution >= 0.6 is 0 Å². The Kier molecular flexibility index (Phi) is 9.39. The third-order valence-electron chi connectivity index (χ3n) is 3.11. The molecule has 0 aromatic heterocycles. The van der Waals surface area contributed by atoms with E-state index in [1.807, 2.05) is 0 Å². The molecule has 0 spiro atoms. The largest absolute Gasteiger partial charge is 0.351 e. The summed E-state index contributed by atoms with van der Waals surface area (Å²) >= 11 is 0. The van der Waals surface area contributed by atoms with Crippen LogP contribution in [0.3, 0.4) is 0 Å². The molecule has 0 radical (unpaired) electrons. The van der Waals surface area contributed by atoms with E-state index >= 15 is 0 Å². The molecule has 92 valence electrons. The number of rotatable bonds is 4. The predicted octanol–water partition coefficient (Wildman–Crippen LogP) is 1.52. The van der Waals surface area contributed by atoms with Gasteiger partial charge in [0.2, 0.25) is 0 Å². The van der Waals surface area contributed by atoms with E-state index < -0.39 is 8.24 Å². The molecule has 4 N–H and O–H groups in total. The van der Waals surface area contributed by atoms with Gasteiger partial charge in [0.05, 0.1) is 0 Å². The van der Waals surface area contributed by atoms with Gasteiger partial charge in [-0.15, -0.1) is 0 Å². The van der Waals surface area contributed by atoms with Crippen molar-refractivity contribution in [1.82, 2.24) is 10.6 Å². The molecule has 0 aliphatic carbocycles. The number of hydrogen-bond acceptors (Lipinski definition) is 3. The van der Waals surface area contributed by atoms with Crippen LogP contribution in [0.5, 0.6) is 0 Å². The van der Waals surface area contributed by atoms with Gasteiger partial charge in [-0.25, -0.2) is 0 Å². The van der Waals surface area contributed by atoms with Crippen molar-refractivity contribution >= 4 is 8.24 Å². The van der Waals surface area contributed by atoms with Crippen LogP contribution in [-0.4, -0.2) is 34.4 Å². The fraction of sp³-hybridized carbons (Fsp3) is 1.00. The van der Waals surface area contributed by atoms with E-state index in [4.69, 9.17) is 5.40 Å². The summed E-state index contributed by atoms with van der Waals surface area (Å²) in [4.78, 5) is 0. The Hall–Kier alpha value is 0.0969. The first-order valence-corrected chi connectivity index (χ1v) is 9.08. The molecule has 1 aliphatic rings. The maximum absolute atomic E-state index is 6.15. The van der Waals surface area contributed by atoms with Crippen molar-refractivity contribution in [2.45, 2.75) is 45.3 Å². The lowest BCUT2D eigenvalue weighted by atomic mass is 10.4. The zero-order valence-corrected chi connectivity index (χ0v) is 11.7. The molecule has 1 fully saturated rings. The molecule has 0 aromatic rings. The van der Waals surface area contributed by atoms with Crippen LogP contribution in [0.25, 0.3) is 0 Å². The van der Waals surface area contributed by atoms with Crippen molar-refractivity contribution < 1.29 is 0 Å². The van der Waals surface area contributed by atoms with E-state index in [0.29, 0.717) is 0 Å². The van der Waals surface area contributed by atoms with Crippen LogP contribution in [0, 0.1) is 0 Å². The summed E-state index contributed by atoms with van der Waals surface area (Å²) in [6, 6.07) is 3.80. The van der Waals surface area contributed by atoms with E-state index in [0.717, 1.165) is 26.2 Å². The quantitative estimate of drug-likeness (QED) is 0.643. The summed E-state index contributed by atoms with van der Waals surface area (Å²) < 4.78 is 0. The number of nitrogens with one attached hydrogen (secondary N) is 2. The zero-order valence-electron chi connectivity index (χ0n) is 10.7. The Bertz CT molecular complexity index is 122. The fourth-order valence-corrected chi connectivity index (χ4v) is 3.91. The molecule has 3 nitrogen and oxygen atoms in total. The first-order chi connectivity index (χ1) is 7.18. The summed E-state index contributed by atoms with van der Waals surface area (Å²) in [5.41, 5.74) is 0. The van der Waals surface area contributed by atoms with Gasteiger partial charge in [0.1, 0.15) is 8.24 Å². The second-order valence-corrected chi connectivity index (χ2v) is 8.96. The van der Waals surface area contributed by atoms with Gasteiger partial charge < -0.3 is 16.0 Å². The van der Waals surface area contributed by atoms with E-state index in [1.165, 1.54) is 24.6 Å². The Morgan fingerprint density at radius 1 is 0.933 bits per heavy atom. The van der Waals surface area contributed by atoms with Gasteiger partial charge in [0.15, 0.2) is 0 Å². The summed E-state index contributed by atoms with van der Waals surface area (Å²) in [5.74, 6) is 0. The SMILES string of the molecule is C1CNCCN1.CCC[Si](N)(CC)CC. The predicted molar refractivity (Wildman–Crippen MR) is 71.7 cm³/mol. The van der Waals surface area contributed by atoms with Crippen LogP contribution in [0.1, 0.15) is 27.2 Å². The number of piperazine rings is 1. The highest BCUT2D eigenvalue weighted by atomic mass is 28.3. The van der Waals surface area contributed by atoms with Gasteiger partial charge >= 0.3 is 0 Å². The van der Waals surface area contributed by atoms with Crippen molar-refractivity contribution in [3.8, 4) is 0 Å². The molecule has 0 bridgehead atoms. The molecule has 4 heteroatoms. The topological polar surface area (TPSA) is 50.1 Å². The van der Waals surface area contributed by atoms with E-state index in [1.54, 1.807) is 0 Å². The van der Waals surface area contributed by atoms with Gasteiger partial charge in [-0.05, 0) is 18.1 Å². The molecule has 1 heterocycles. The van der Waals surface area contributed by atoms with Gasteiger partial charge in [0, 0.05) is 26.2 Å². The van der Waals surface area contributed by atoms with E-state index in [9.17, 15) is 0 Å². The zero-order chi connectivity index (χ0) is 11.6. The third kappa shape index (κ3) is 7.96. The molecular formula is C11H29N3Si. The van der Waals surface area contributed by atoms with Gasteiger partial charge in [0.25, 0.3) is 0 Å². The van der Waals surface area contributed by atoms with Crippen molar-refractivity contribution in [2.75, 3.05) is 26.2 Å². The second kappa shape index (κ2) is 9.33. The summed E-state index contributed by atoms with van der Waals surface area (Å²) in [7, 11) is -1.20. The highest BCUT2D eigenvalue weighted by molar-refractivity contribution is 6.76. The van der Waals surface area contributed by atoms with E-state index in [-0.39, 0.29) is 0 Å². The Labute approximate surface area is 96.3 Å². The standard InChI is InChI=1S/C7H19NSi.C4H10N2/c1-4-7-9(8,5-2)6-3;1-2-6-4-3-5-1/h4-8H2,1-3H3;5-6H,1-4H2. The molecule has 1 saturated heterocycles. The monoisotopic (exact) mass is 231 g/mol. The van der Waals surface area contributed by atoms with Crippen molar-refractivity contribution in [2.24, 2.45) is 5.40 Å². The summed E-state index contributed by atoms with van der Waals surface area (Å²) in [5, 5.41) is 12.6. The molecule has 0 unspecified atom stereocenters. The smallest absolute Gasteiger partial charge is 0.122 e. The van der Waals surface area contributed by atoms with Crippen LogP contribution < -0.4 is 16.0 Å². The van der Waals surface area contributed by atoms with Crippen molar-refractivity contribution in [3.05, 3.63) is 0 Å². The van der Waals surface area contributed by atoms with E-state index in [2.05, 4.69) is 31.4 Å². The lowest BCUT2D eigenvalue weighted by Gasteiger charge is -2.22. The van der Waals surface area contributed by atoms with Crippen LogP contribution in [0.4, 0.5) is 0 Å². The number of nitrogens with two attached hydrogens (primary N) is 1. The molecule has 0 aromatic carbocycles. The van der Waals surface area contributed by atoms with Crippen molar-refractivity contribution in [1.29, 1.82) is 0 Å². The molecular weight excluding hydrogens is 202 g/mol. The number of hydrogen-bond donors (Lipinski definition) is 3. The fourth-order valence-electron chi connectivity index (χ4n) is 1.70. The minimum Gasteiger partial charge on any atom is -0.351 e. The first-order valence-electron chi connectivity index (χ1n) is 6.38. The lowest BCUT2D eigenvalue weighted by molar-refractivity contribution is 0.534. The minimum absolute atomic E-state index is 1.14. The van der Waals surface area contributed by atoms with Crippen molar-refractivity contribution in [3.63, 3.8) is 0 Å². The highest BCUT2D eigenvalue weighted by Gasteiger charge is 2.21. The second-order valence-electron chi connectivity index (χ2n) is 4.32. The Balaban J connectivity index is 0.000000280. The molecule has 1 rings (SSSR count). The maximum Gasteiger partial charge on any atom is 0.122 e. The first kappa shape index (κ1) is 15.1. The molecule has 0 amide bonds. The molecule has 0 atom stereocenters. The lowest BCUT2D eigenvalue weighted by Crippen LogP contribution is -2.43. The average molecular weight is 231 g/mol. The third-order valence-corrected chi connectivity index (χ3v) is 7.43. The molecule has 0 saturated carbocycles. The molecule has 1 aliphatic heterocycles. The summed E-state index contributed by atoms with van der Waals surface area (Å²) in [6.07, 6.45) is 1.27. The van der Waals surface area contributed by atoms with Gasteiger partial charge in [-0.2, -0.15) is 0 Å². The van der Waals surface area contributed by atoms with Gasteiger partial charge in [-0.3, -0.25) is 0 Å².